The van der Waals surface area contributed by atoms with Crippen LogP contribution in [-0.4, -0.2) is 10.8 Å². The number of ether oxygens (including phenoxy) is 1. The fraction of sp³-hybridized carbons (Fsp3) is 0.0769. The molecule has 0 radical (unpaired) electrons. The number of ketones is 1. The van der Waals surface area contributed by atoms with Crippen LogP contribution >= 0.6 is 0 Å². The Kier molecular flexibility index (Phi) is 1.96. The van der Waals surface area contributed by atoms with Gasteiger partial charge in [0.1, 0.15) is 5.75 Å². The van der Waals surface area contributed by atoms with Gasteiger partial charge in [-0.25, -0.2) is 4.98 Å². The molecule has 0 fully saturated rings. The SMILES string of the molecule is O=C1Cc2ccccc2Oc2ncccc21. The van der Waals surface area contributed by atoms with Gasteiger partial charge < -0.3 is 4.74 Å². The van der Waals surface area contributed by atoms with Crippen LogP contribution in [0.4, 0.5) is 0 Å². The number of rotatable bonds is 0. The Morgan fingerprint density at radius 2 is 2.00 bits per heavy atom. The Morgan fingerprint density at radius 3 is 2.94 bits per heavy atom. The quantitative estimate of drug-likeness (QED) is 0.672. The van der Waals surface area contributed by atoms with Gasteiger partial charge in [0.05, 0.1) is 5.56 Å². The molecule has 78 valence electrons. The molecule has 1 aliphatic heterocycles. The molecule has 0 amide bonds. The highest BCUT2D eigenvalue weighted by Gasteiger charge is 2.21. The second kappa shape index (κ2) is 3.45. The molecule has 1 aromatic carbocycles. The molecule has 3 nitrogen and oxygen atoms in total. The van der Waals surface area contributed by atoms with E-state index in [0.717, 1.165) is 5.56 Å². The fourth-order valence-corrected chi connectivity index (χ4v) is 1.81. The Hall–Kier alpha value is -2.16. The van der Waals surface area contributed by atoms with Crippen molar-refractivity contribution in [3.8, 4) is 11.6 Å². The van der Waals surface area contributed by atoms with Crippen LogP contribution in [0.2, 0.25) is 0 Å². The van der Waals surface area contributed by atoms with E-state index in [2.05, 4.69) is 4.98 Å². The largest absolute Gasteiger partial charge is 0.438 e. The van der Waals surface area contributed by atoms with Crippen LogP contribution < -0.4 is 4.74 Å². The van der Waals surface area contributed by atoms with Crippen LogP contribution in [0, 0.1) is 0 Å². The molecular weight excluding hydrogens is 202 g/mol. The monoisotopic (exact) mass is 211 g/mol. The lowest BCUT2D eigenvalue weighted by Gasteiger charge is -2.05. The van der Waals surface area contributed by atoms with E-state index in [0.29, 0.717) is 23.6 Å². The van der Waals surface area contributed by atoms with Gasteiger partial charge in [0.15, 0.2) is 5.78 Å². The summed E-state index contributed by atoms with van der Waals surface area (Å²) in [6.45, 7) is 0. The molecule has 0 unspecified atom stereocenters. The number of Topliss-reactive ketones (excluding diaryl/α,β-unsaturated/α-hetero) is 1. The first-order valence-corrected chi connectivity index (χ1v) is 5.08. The zero-order valence-electron chi connectivity index (χ0n) is 8.51. The van der Waals surface area contributed by atoms with Crippen molar-refractivity contribution in [2.45, 2.75) is 6.42 Å². The van der Waals surface area contributed by atoms with Gasteiger partial charge in [-0.2, -0.15) is 0 Å². The average molecular weight is 211 g/mol. The lowest BCUT2D eigenvalue weighted by atomic mass is 10.0. The molecule has 0 spiro atoms. The predicted molar refractivity (Wildman–Crippen MR) is 58.8 cm³/mol. The van der Waals surface area contributed by atoms with E-state index in [-0.39, 0.29) is 5.78 Å². The van der Waals surface area contributed by atoms with E-state index in [1.807, 2.05) is 24.3 Å². The zero-order valence-corrected chi connectivity index (χ0v) is 8.51. The maximum atomic E-state index is 11.9. The first-order valence-electron chi connectivity index (χ1n) is 5.08. The van der Waals surface area contributed by atoms with E-state index in [9.17, 15) is 4.79 Å². The molecule has 0 bridgehead atoms. The Bertz CT molecular complexity index is 563. The van der Waals surface area contributed by atoms with Gasteiger partial charge in [-0.15, -0.1) is 0 Å². The van der Waals surface area contributed by atoms with E-state index in [1.54, 1.807) is 18.3 Å². The molecule has 0 atom stereocenters. The summed E-state index contributed by atoms with van der Waals surface area (Å²) in [6, 6.07) is 11.0. The van der Waals surface area contributed by atoms with Crippen LogP contribution in [0.3, 0.4) is 0 Å². The minimum Gasteiger partial charge on any atom is -0.438 e. The van der Waals surface area contributed by atoms with Crippen molar-refractivity contribution in [3.63, 3.8) is 0 Å². The standard InChI is InChI=1S/C13H9NO2/c15-11-8-9-4-1-2-6-12(9)16-13-10(11)5-3-7-14-13/h1-7H,8H2. The molecule has 2 heterocycles. The number of aromatic nitrogens is 1. The van der Waals surface area contributed by atoms with Crippen LogP contribution in [0.5, 0.6) is 11.6 Å². The summed E-state index contributed by atoms with van der Waals surface area (Å²) < 4.78 is 5.64. The molecular formula is C13H9NO2. The number of fused-ring (bicyclic) bond motifs is 2. The summed E-state index contributed by atoms with van der Waals surface area (Å²) in [5, 5.41) is 0. The lowest BCUT2D eigenvalue weighted by molar-refractivity contribution is 0.0993. The Labute approximate surface area is 92.7 Å². The van der Waals surface area contributed by atoms with E-state index in [1.165, 1.54) is 0 Å². The molecule has 2 aromatic rings. The third kappa shape index (κ3) is 1.37. The van der Waals surface area contributed by atoms with Gasteiger partial charge in [0.2, 0.25) is 5.88 Å². The summed E-state index contributed by atoms with van der Waals surface area (Å²) in [7, 11) is 0. The molecule has 0 saturated carbocycles. The van der Waals surface area contributed by atoms with E-state index >= 15 is 0 Å². The third-order valence-electron chi connectivity index (χ3n) is 2.60. The van der Waals surface area contributed by atoms with Gasteiger partial charge >= 0.3 is 0 Å². The predicted octanol–water partition coefficient (Wildman–Crippen LogP) is 2.61. The van der Waals surface area contributed by atoms with Gasteiger partial charge in [0, 0.05) is 18.2 Å². The number of hydrogen-bond donors (Lipinski definition) is 0. The lowest BCUT2D eigenvalue weighted by Crippen LogP contribution is -2.01. The first kappa shape index (κ1) is 9.09. The number of benzene rings is 1. The number of para-hydroxylation sites is 1. The maximum absolute atomic E-state index is 11.9. The maximum Gasteiger partial charge on any atom is 0.230 e. The van der Waals surface area contributed by atoms with Crippen LogP contribution in [0.1, 0.15) is 15.9 Å². The number of nitrogens with zero attached hydrogens (tertiary/aromatic N) is 1. The molecule has 3 heteroatoms. The highest BCUT2D eigenvalue weighted by atomic mass is 16.5. The van der Waals surface area contributed by atoms with Crippen molar-refractivity contribution >= 4 is 5.78 Å². The molecule has 1 aromatic heterocycles. The van der Waals surface area contributed by atoms with Crippen molar-refractivity contribution in [1.82, 2.24) is 4.98 Å². The second-order valence-corrected chi connectivity index (χ2v) is 3.67. The molecule has 0 aliphatic carbocycles. The number of carbonyl (C=O) groups excluding carboxylic acids is 1. The van der Waals surface area contributed by atoms with E-state index in [4.69, 9.17) is 4.74 Å². The summed E-state index contributed by atoms with van der Waals surface area (Å²) >= 11 is 0. The van der Waals surface area contributed by atoms with Crippen LogP contribution in [-0.2, 0) is 6.42 Å². The zero-order chi connectivity index (χ0) is 11.0. The Balaban J connectivity index is 2.18. The summed E-state index contributed by atoms with van der Waals surface area (Å²) in [4.78, 5) is 16.0. The number of hydrogen-bond acceptors (Lipinski definition) is 3. The third-order valence-corrected chi connectivity index (χ3v) is 2.60. The highest BCUT2D eigenvalue weighted by molar-refractivity contribution is 6.00. The molecule has 3 rings (SSSR count). The second-order valence-electron chi connectivity index (χ2n) is 3.67. The smallest absolute Gasteiger partial charge is 0.230 e. The van der Waals surface area contributed by atoms with Crippen molar-refractivity contribution in [1.29, 1.82) is 0 Å². The van der Waals surface area contributed by atoms with Crippen LogP contribution in [0.25, 0.3) is 0 Å². The summed E-state index contributed by atoms with van der Waals surface area (Å²) in [5.74, 6) is 1.17. The van der Waals surface area contributed by atoms with E-state index < -0.39 is 0 Å². The number of pyridine rings is 1. The van der Waals surface area contributed by atoms with Crippen molar-refractivity contribution in [2.75, 3.05) is 0 Å². The number of carbonyl (C=O) groups is 1. The summed E-state index contributed by atoms with van der Waals surface area (Å²) in [5.41, 5.74) is 1.46. The fourth-order valence-electron chi connectivity index (χ4n) is 1.81. The molecule has 0 N–H and O–H groups in total. The Morgan fingerprint density at radius 1 is 1.12 bits per heavy atom. The van der Waals surface area contributed by atoms with Gasteiger partial charge in [-0.05, 0) is 18.2 Å². The molecule has 16 heavy (non-hydrogen) atoms. The highest BCUT2D eigenvalue weighted by Crippen LogP contribution is 2.31. The minimum atomic E-state index is 0.0491. The van der Waals surface area contributed by atoms with Gasteiger partial charge in [0.25, 0.3) is 0 Å². The van der Waals surface area contributed by atoms with Crippen molar-refractivity contribution in [3.05, 3.63) is 53.7 Å². The van der Waals surface area contributed by atoms with Crippen LogP contribution in [0.15, 0.2) is 42.6 Å². The van der Waals surface area contributed by atoms with Crippen molar-refractivity contribution in [2.24, 2.45) is 0 Å². The van der Waals surface area contributed by atoms with Crippen molar-refractivity contribution < 1.29 is 9.53 Å². The average Bonchev–Trinajstić information content (AvgIpc) is 2.45. The topological polar surface area (TPSA) is 39.2 Å². The first-order chi connectivity index (χ1) is 7.84. The minimum absolute atomic E-state index is 0.0491. The molecule has 1 aliphatic rings. The van der Waals surface area contributed by atoms with Gasteiger partial charge in [-0.1, -0.05) is 18.2 Å². The molecule has 0 saturated heterocycles. The normalized spacial score (nSPS) is 13.4. The van der Waals surface area contributed by atoms with Gasteiger partial charge in [-0.3, -0.25) is 4.79 Å². The summed E-state index contributed by atoms with van der Waals surface area (Å²) in [6.07, 6.45) is 1.99.